The van der Waals surface area contributed by atoms with Gasteiger partial charge in [-0.25, -0.2) is 0 Å². The van der Waals surface area contributed by atoms with E-state index < -0.39 is 15.4 Å². The van der Waals surface area contributed by atoms with Crippen LogP contribution in [-0.2, 0) is 16.7 Å². The van der Waals surface area contributed by atoms with Gasteiger partial charge in [0.05, 0.1) is 11.8 Å². The normalized spacial score (nSPS) is 14.9. The maximum absolute atomic E-state index is 12.1. The largest absolute Gasteiger partial charge is 0.438 e. The first-order chi connectivity index (χ1) is 20.2. The molecule has 6 rings (SSSR count). The van der Waals surface area contributed by atoms with Crippen LogP contribution in [0.25, 0.3) is 38.5 Å². The summed E-state index contributed by atoms with van der Waals surface area (Å²) in [5.74, 6) is 1.57. The van der Waals surface area contributed by atoms with Crippen molar-refractivity contribution >= 4 is 43.4 Å². The highest BCUT2D eigenvalue weighted by Gasteiger charge is 2.33. The Morgan fingerprint density at radius 2 is 1.48 bits per heavy atom. The van der Waals surface area contributed by atoms with Crippen LogP contribution in [0.5, 0.6) is 5.75 Å². The summed E-state index contributed by atoms with van der Waals surface area (Å²) >= 11 is 1.67. The van der Waals surface area contributed by atoms with Gasteiger partial charge in [0, 0.05) is 18.5 Å². The lowest BCUT2D eigenvalue weighted by Crippen LogP contribution is -2.38. The minimum absolute atomic E-state index is 0.0448. The monoisotopic (exact) mass is 597 g/mol. The molecule has 1 unspecified atom stereocenters. The summed E-state index contributed by atoms with van der Waals surface area (Å²) in [7, 11) is -4.25. The summed E-state index contributed by atoms with van der Waals surface area (Å²) in [4.78, 5) is 1.86. The van der Waals surface area contributed by atoms with E-state index in [1.54, 1.807) is 11.3 Å². The van der Waals surface area contributed by atoms with Gasteiger partial charge in [-0.2, -0.15) is 13.0 Å². The summed E-state index contributed by atoms with van der Waals surface area (Å²) in [6.07, 6.45) is 1.99. The topological polar surface area (TPSA) is 70.7 Å². The first-order valence-electron chi connectivity index (χ1n) is 14.0. The molecule has 0 saturated heterocycles. The van der Waals surface area contributed by atoms with E-state index in [1.807, 2.05) is 77.7 Å². The van der Waals surface area contributed by atoms with Gasteiger partial charge < -0.3 is 9.64 Å². The van der Waals surface area contributed by atoms with Crippen molar-refractivity contribution in [2.24, 2.45) is 5.92 Å². The second-order valence-electron chi connectivity index (χ2n) is 11.1. The molecular formula is C34H33N2O4S2+. The smallest absolute Gasteiger partial charge is 0.269 e. The Morgan fingerprint density at radius 3 is 2.10 bits per heavy atom. The lowest BCUT2D eigenvalue weighted by atomic mass is 10.0. The van der Waals surface area contributed by atoms with Gasteiger partial charge in [0.25, 0.3) is 15.1 Å². The quantitative estimate of drug-likeness (QED) is 0.147. The predicted molar refractivity (Wildman–Crippen MR) is 171 cm³/mol. The molecule has 0 saturated carbocycles. The van der Waals surface area contributed by atoms with Crippen molar-refractivity contribution in [2.75, 3.05) is 11.4 Å². The van der Waals surface area contributed by atoms with Crippen LogP contribution in [-0.4, -0.2) is 24.8 Å². The highest BCUT2D eigenvalue weighted by molar-refractivity contribution is 7.86. The molecule has 5 aromatic rings. The molecule has 4 aromatic carbocycles. The van der Waals surface area contributed by atoms with Crippen LogP contribution in [0.4, 0.5) is 5.69 Å². The molecule has 1 N–H and O–H groups in total. The molecule has 6 nitrogen and oxygen atoms in total. The van der Waals surface area contributed by atoms with Crippen LogP contribution in [0.15, 0.2) is 103 Å². The van der Waals surface area contributed by atoms with E-state index in [-0.39, 0.29) is 6.54 Å². The highest BCUT2D eigenvalue weighted by Crippen LogP contribution is 2.43. The summed E-state index contributed by atoms with van der Waals surface area (Å²) in [5, 5.41) is -0.0195. The molecule has 1 aliphatic heterocycles. The zero-order chi connectivity index (χ0) is 29.4. The molecule has 214 valence electrons. The van der Waals surface area contributed by atoms with Gasteiger partial charge in [-0.1, -0.05) is 98.0 Å². The zero-order valence-corrected chi connectivity index (χ0v) is 25.4. The summed E-state index contributed by atoms with van der Waals surface area (Å²) < 4.78 is 43.9. The molecule has 42 heavy (non-hydrogen) atoms. The van der Waals surface area contributed by atoms with Gasteiger partial charge >= 0.3 is 0 Å². The fourth-order valence-electron chi connectivity index (χ4n) is 5.24. The summed E-state index contributed by atoms with van der Waals surface area (Å²) in [6.45, 7) is 6.76. The Morgan fingerprint density at radius 1 is 0.857 bits per heavy atom. The van der Waals surface area contributed by atoms with Crippen LogP contribution in [0.2, 0.25) is 0 Å². The number of nitrogens with zero attached hydrogens (tertiary/aromatic N) is 2. The molecule has 0 bridgehead atoms. The molecule has 1 atom stereocenters. The second-order valence-corrected chi connectivity index (χ2v) is 14.0. The first-order valence-corrected chi connectivity index (χ1v) is 16.3. The Labute approximate surface area is 250 Å². The molecular weight excluding hydrogens is 565 g/mol. The van der Waals surface area contributed by atoms with Gasteiger partial charge in [0.1, 0.15) is 9.95 Å². The van der Waals surface area contributed by atoms with Crippen molar-refractivity contribution in [1.82, 2.24) is 0 Å². The number of anilines is 1. The van der Waals surface area contributed by atoms with Gasteiger partial charge in [-0.05, 0) is 47.4 Å². The first kappa shape index (κ1) is 28.2. The maximum atomic E-state index is 12.1. The third kappa shape index (κ3) is 5.70. The van der Waals surface area contributed by atoms with Crippen molar-refractivity contribution < 1.29 is 22.3 Å². The van der Waals surface area contributed by atoms with Crippen LogP contribution in [0.1, 0.15) is 25.8 Å². The Balaban J connectivity index is 1.47. The molecule has 0 aliphatic carbocycles. The third-order valence-corrected chi connectivity index (χ3v) is 9.70. The average Bonchev–Trinajstić information content (AvgIpc) is 3.49. The van der Waals surface area contributed by atoms with Crippen molar-refractivity contribution in [3.8, 4) is 28.0 Å². The van der Waals surface area contributed by atoms with Gasteiger partial charge in [-0.3, -0.25) is 4.55 Å². The van der Waals surface area contributed by atoms with Crippen molar-refractivity contribution in [2.45, 2.75) is 32.6 Å². The minimum atomic E-state index is -4.25. The fraction of sp³-hybridized carbons (Fsp3) is 0.206. The number of aromatic nitrogens is 1. The standard InChI is InChI=1S/C34H32N2O4S2/c1-23(2)21-36-30-19-28(26-12-8-5-9-13-26)15-17-32(30)41-34(36)20-33-35(22-24(3)42(37,38)39)29-18-27(14-16-31(29)40-33)25-10-6-4-7-11-25/h4-20,23-24H,21-22H2,1-3H3/p+1. The second kappa shape index (κ2) is 11.4. The van der Waals surface area contributed by atoms with E-state index in [0.29, 0.717) is 17.6 Å². The molecule has 2 heterocycles. The van der Waals surface area contributed by atoms with Gasteiger partial charge in [0.2, 0.25) is 11.4 Å². The molecule has 0 radical (unpaired) electrons. The van der Waals surface area contributed by atoms with Crippen molar-refractivity contribution in [1.29, 1.82) is 0 Å². The van der Waals surface area contributed by atoms with E-state index in [4.69, 9.17) is 4.74 Å². The lowest BCUT2D eigenvalue weighted by molar-refractivity contribution is -0.674. The number of benzene rings is 4. The Hall–Kier alpha value is -3.98. The molecule has 1 aliphatic rings. The predicted octanol–water partition coefficient (Wildman–Crippen LogP) is 7.65. The molecule has 0 fully saturated rings. The van der Waals surface area contributed by atoms with Crippen molar-refractivity contribution in [3.63, 3.8) is 0 Å². The van der Waals surface area contributed by atoms with E-state index in [1.165, 1.54) is 6.92 Å². The third-order valence-electron chi connectivity index (χ3n) is 7.42. The van der Waals surface area contributed by atoms with Crippen LogP contribution in [0, 0.1) is 5.92 Å². The van der Waals surface area contributed by atoms with E-state index in [2.05, 4.69) is 48.7 Å². The molecule has 0 spiro atoms. The average molecular weight is 598 g/mol. The van der Waals surface area contributed by atoms with Crippen molar-refractivity contribution in [3.05, 3.63) is 108 Å². The van der Waals surface area contributed by atoms with Gasteiger partial charge in [-0.15, -0.1) is 0 Å². The van der Waals surface area contributed by atoms with Gasteiger partial charge in [0.15, 0.2) is 12.3 Å². The summed E-state index contributed by atoms with van der Waals surface area (Å²) in [6, 6.07) is 32.9. The van der Waals surface area contributed by atoms with E-state index in [0.717, 1.165) is 49.7 Å². The molecule has 1 aromatic heterocycles. The number of fused-ring (bicyclic) bond motifs is 2. The van der Waals surface area contributed by atoms with E-state index in [9.17, 15) is 13.0 Å². The van der Waals surface area contributed by atoms with Crippen LogP contribution >= 0.6 is 11.3 Å². The molecule has 8 heteroatoms. The molecule has 0 amide bonds. The van der Waals surface area contributed by atoms with Crippen LogP contribution < -0.4 is 14.2 Å². The maximum Gasteiger partial charge on any atom is 0.269 e. The summed E-state index contributed by atoms with van der Waals surface area (Å²) in [5.41, 5.74) is 6.26. The zero-order valence-electron chi connectivity index (χ0n) is 23.8. The fourth-order valence-corrected chi connectivity index (χ4v) is 6.65. The van der Waals surface area contributed by atoms with Crippen LogP contribution in [0.3, 0.4) is 0 Å². The SMILES string of the molecule is CC(C)C[n+]1c(C=C2Oc3ccc(-c4ccccc4)cc3N2CC(C)S(=O)(=O)O)sc2ccc(-c3ccccc3)cc21. The number of hydrogen-bond acceptors (Lipinski definition) is 5. The van der Waals surface area contributed by atoms with E-state index >= 15 is 0 Å². The Bertz CT molecular complexity index is 1880. The minimum Gasteiger partial charge on any atom is -0.438 e. The number of rotatable bonds is 8. The number of ether oxygens (including phenoxy) is 1. The number of thiazole rings is 1. The Kier molecular flexibility index (Phi) is 7.62. The number of hydrogen-bond donors (Lipinski definition) is 1. The highest BCUT2D eigenvalue weighted by atomic mass is 32.2. The lowest BCUT2D eigenvalue weighted by Gasteiger charge is -2.21.